The van der Waals surface area contributed by atoms with Crippen molar-refractivity contribution in [2.24, 2.45) is 0 Å². The van der Waals surface area contributed by atoms with E-state index in [4.69, 9.17) is 9.72 Å². The molecule has 0 saturated carbocycles. The fraction of sp³-hybridized carbons (Fsp3) is 0.562. The van der Waals surface area contributed by atoms with Crippen molar-refractivity contribution in [3.8, 4) is 5.88 Å². The Morgan fingerprint density at radius 2 is 2.00 bits per heavy atom. The van der Waals surface area contributed by atoms with Crippen LogP contribution in [0.1, 0.15) is 38.2 Å². The number of aliphatic hydroxyl groups is 1. The van der Waals surface area contributed by atoms with Crippen molar-refractivity contribution in [1.82, 2.24) is 15.0 Å². The number of hydrogen-bond acceptors (Lipinski definition) is 6. The van der Waals surface area contributed by atoms with Crippen LogP contribution in [0.25, 0.3) is 10.9 Å². The van der Waals surface area contributed by atoms with Crippen LogP contribution in [0.15, 0.2) is 6.07 Å². The minimum atomic E-state index is 0.0674. The summed E-state index contributed by atoms with van der Waals surface area (Å²) in [7, 11) is 1.60. The van der Waals surface area contributed by atoms with Crippen LogP contribution >= 0.6 is 0 Å². The number of anilines is 1. The van der Waals surface area contributed by atoms with Gasteiger partial charge in [-0.25, -0.2) is 15.0 Å². The number of fused-ring (bicyclic) bond motifs is 1. The van der Waals surface area contributed by atoms with Gasteiger partial charge in [-0.05, 0) is 19.9 Å². The van der Waals surface area contributed by atoms with Gasteiger partial charge in [-0.2, -0.15) is 0 Å². The quantitative estimate of drug-likeness (QED) is 0.883. The molecule has 2 aromatic rings. The lowest BCUT2D eigenvalue weighted by atomic mass is 10.1. The molecule has 2 aromatic heterocycles. The average molecular weight is 304 g/mol. The summed E-state index contributed by atoms with van der Waals surface area (Å²) < 4.78 is 5.44. The van der Waals surface area contributed by atoms with Crippen LogP contribution in [0.5, 0.6) is 5.88 Å². The number of methoxy groups -OCH3 is 1. The third-order valence-electron chi connectivity index (χ3n) is 3.53. The second-order valence-corrected chi connectivity index (χ2v) is 5.53. The van der Waals surface area contributed by atoms with E-state index >= 15 is 0 Å². The highest BCUT2D eigenvalue weighted by Gasteiger charge is 2.19. The number of aromatic nitrogens is 3. The Bertz CT molecular complexity index is 658. The molecular weight excluding hydrogens is 280 g/mol. The van der Waals surface area contributed by atoms with Crippen molar-refractivity contribution in [3.63, 3.8) is 0 Å². The highest BCUT2D eigenvalue weighted by atomic mass is 16.5. The fourth-order valence-corrected chi connectivity index (χ4v) is 2.41. The van der Waals surface area contributed by atoms with Gasteiger partial charge in [0.2, 0.25) is 5.88 Å². The van der Waals surface area contributed by atoms with E-state index in [1.807, 2.05) is 24.8 Å². The van der Waals surface area contributed by atoms with Crippen molar-refractivity contribution in [3.05, 3.63) is 17.6 Å². The molecule has 0 aromatic carbocycles. The van der Waals surface area contributed by atoms with Crippen molar-refractivity contribution in [2.75, 3.05) is 31.7 Å². The molecule has 6 nitrogen and oxygen atoms in total. The summed E-state index contributed by atoms with van der Waals surface area (Å²) in [6, 6.07) is 1.95. The Hall–Kier alpha value is -1.95. The molecule has 0 saturated heterocycles. The highest BCUT2D eigenvalue weighted by molar-refractivity contribution is 5.94. The molecule has 0 aliphatic carbocycles. The number of aliphatic hydroxyl groups excluding tert-OH is 1. The summed E-state index contributed by atoms with van der Waals surface area (Å²) >= 11 is 0. The van der Waals surface area contributed by atoms with Gasteiger partial charge in [0.1, 0.15) is 17.0 Å². The van der Waals surface area contributed by atoms with Crippen LogP contribution in [-0.4, -0.2) is 46.9 Å². The van der Waals surface area contributed by atoms with Crippen LogP contribution in [0.4, 0.5) is 5.82 Å². The Labute approximate surface area is 131 Å². The molecule has 6 heteroatoms. The van der Waals surface area contributed by atoms with Crippen molar-refractivity contribution >= 4 is 16.7 Å². The molecule has 0 bridgehead atoms. The van der Waals surface area contributed by atoms with E-state index in [1.54, 1.807) is 7.11 Å². The third-order valence-corrected chi connectivity index (χ3v) is 3.53. The van der Waals surface area contributed by atoms with Crippen LogP contribution in [0.2, 0.25) is 0 Å². The van der Waals surface area contributed by atoms with Crippen LogP contribution in [0.3, 0.4) is 0 Å². The smallest absolute Gasteiger partial charge is 0.226 e. The van der Waals surface area contributed by atoms with E-state index in [1.165, 1.54) is 0 Å². The highest BCUT2D eigenvalue weighted by Crippen LogP contribution is 2.32. The second-order valence-electron chi connectivity index (χ2n) is 5.53. The predicted octanol–water partition coefficient (Wildman–Crippen LogP) is 2.28. The van der Waals surface area contributed by atoms with E-state index in [0.717, 1.165) is 34.8 Å². The van der Waals surface area contributed by atoms with Gasteiger partial charge in [0.25, 0.3) is 0 Å². The van der Waals surface area contributed by atoms with Crippen LogP contribution in [-0.2, 0) is 0 Å². The maximum atomic E-state index is 9.32. The normalized spacial score (nSPS) is 11.2. The van der Waals surface area contributed by atoms with Crippen molar-refractivity contribution in [2.45, 2.75) is 33.6 Å². The maximum Gasteiger partial charge on any atom is 0.226 e. The fourth-order valence-electron chi connectivity index (χ4n) is 2.41. The summed E-state index contributed by atoms with van der Waals surface area (Å²) in [4.78, 5) is 15.8. The molecule has 120 valence electrons. The first-order valence-electron chi connectivity index (χ1n) is 7.60. The standard InChI is InChI=1S/C16H24N4O2/c1-6-20(7-8-21)15-13-12(18-14(19-15)10(2)3)9-11(4)17-16(13)22-5/h9-10,21H,6-8H2,1-5H3. The summed E-state index contributed by atoms with van der Waals surface area (Å²) in [6.07, 6.45) is 0. The molecule has 0 aliphatic rings. The Morgan fingerprint density at radius 1 is 1.27 bits per heavy atom. The van der Waals surface area contributed by atoms with E-state index in [2.05, 4.69) is 23.8 Å². The lowest BCUT2D eigenvalue weighted by molar-refractivity contribution is 0.302. The van der Waals surface area contributed by atoms with Gasteiger partial charge in [-0.1, -0.05) is 13.8 Å². The lowest BCUT2D eigenvalue weighted by Crippen LogP contribution is -2.28. The average Bonchev–Trinajstić information content (AvgIpc) is 2.50. The van der Waals surface area contributed by atoms with Gasteiger partial charge in [-0.3, -0.25) is 0 Å². The molecule has 0 spiro atoms. The van der Waals surface area contributed by atoms with Crippen molar-refractivity contribution < 1.29 is 9.84 Å². The van der Waals surface area contributed by atoms with Crippen molar-refractivity contribution in [1.29, 1.82) is 0 Å². The van der Waals surface area contributed by atoms with Gasteiger partial charge in [0.05, 0.1) is 19.2 Å². The molecule has 0 amide bonds. The first-order valence-corrected chi connectivity index (χ1v) is 7.60. The molecule has 0 atom stereocenters. The summed E-state index contributed by atoms with van der Waals surface area (Å²) in [5, 5.41) is 10.1. The zero-order valence-electron chi connectivity index (χ0n) is 13.9. The number of likely N-dealkylation sites (N-methyl/N-ethyl adjacent to an activating group) is 1. The van der Waals surface area contributed by atoms with Gasteiger partial charge >= 0.3 is 0 Å². The summed E-state index contributed by atoms with van der Waals surface area (Å²) in [5.41, 5.74) is 1.68. The zero-order valence-corrected chi connectivity index (χ0v) is 13.9. The van der Waals surface area contributed by atoms with Crippen LogP contribution in [0, 0.1) is 6.92 Å². The molecule has 22 heavy (non-hydrogen) atoms. The van der Waals surface area contributed by atoms with Gasteiger partial charge in [0, 0.05) is 24.7 Å². The molecule has 2 rings (SSSR count). The number of aryl methyl sites for hydroxylation is 1. The first kappa shape index (κ1) is 16.4. The number of hydrogen-bond donors (Lipinski definition) is 1. The largest absolute Gasteiger partial charge is 0.480 e. The minimum absolute atomic E-state index is 0.0674. The topological polar surface area (TPSA) is 71.4 Å². The molecule has 0 fully saturated rings. The number of rotatable bonds is 6. The molecular formula is C16H24N4O2. The van der Waals surface area contributed by atoms with Gasteiger partial charge < -0.3 is 14.7 Å². The second kappa shape index (κ2) is 6.87. The lowest BCUT2D eigenvalue weighted by Gasteiger charge is -2.24. The van der Waals surface area contributed by atoms with Gasteiger partial charge in [-0.15, -0.1) is 0 Å². The summed E-state index contributed by atoms with van der Waals surface area (Å²) in [5.74, 6) is 2.30. The maximum absolute atomic E-state index is 9.32. The third kappa shape index (κ3) is 3.11. The Balaban J connectivity index is 2.79. The van der Waals surface area contributed by atoms with E-state index in [9.17, 15) is 5.11 Å². The SMILES string of the molecule is CCN(CCO)c1nc(C(C)C)nc2cc(C)nc(OC)c12. The van der Waals surface area contributed by atoms with E-state index in [-0.39, 0.29) is 12.5 Å². The predicted molar refractivity (Wildman–Crippen MR) is 87.7 cm³/mol. The van der Waals surface area contributed by atoms with Crippen LogP contribution < -0.4 is 9.64 Å². The number of pyridine rings is 1. The monoisotopic (exact) mass is 304 g/mol. The minimum Gasteiger partial charge on any atom is -0.480 e. The molecule has 2 heterocycles. The number of ether oxygens (including phenoxy) is 1. The first-order chi connectivity index (χ1) is 10.5. The van der Waals surface area contributed by atoms with E-state index in [0.29, 0.717) is 12.4 Å². The van der Waals surface area contributed by atoms with Gasteiger partial charge in [0.15, 0.2) is 0 Å². The summed E-state index contributed by atoms with van der Waals surface area (Å²) in [6.45, 7) is 9.41. The van der Waals surface area contributed by atoms with E-state index < -0.39 is 0 Å². The zero-order chi connectivity index (χ0) is 16.3. The Morgan fingerprint density at radius 3 is 2.55 bits per heavy atom. The molecule has 0 radical (unpaired) electrons. The Kier molecular flexibility index (Phi) is 5.13. The molecule has 0 aliphatic heterocycles. The molecule has 1 N–H and O–H groups in total. The molecule has 0 unspecified atom stereocenters. The number of nitrogens with zero attached hydrogens (tertiary/aromatic N) is 4.